The molecule has 8 heterocycles. The van der Waals surface area contributed by atoms with Crippen LogP contribution in [-0.4, -0.2) is 182 Å². The molecule has 4 aliphatic rings. The Bertz CT molecular complexity index is 6400. The topological polar surface area (TPSA) is 387 Å². The van der Waals surface area contributed by atoms with E-state index in [-0.39, 0.29) is 90.1 Å². The molecule has 4 aromatic heterocycles. The molecule has 8 N–H and O–H groups in total. The van der Waals surface area contributed by atoms with E-state index in [0.29, 0.717) is 164 Å². The van der Waals surface area contributed by atoms with Gasteiger partial charge in [0.15, 0.2) is 0 Å². The number of amides is 8. The van der Waals surface area contributed by atoms with Crippen LogP contribution in [0.4, 0.5) is 110 Å². The van der Waals surface area contributed by atoms with Crippen LogP contribution in [0.25, 0.3) is 44.1 Å². The molecule has 42 heteroatoms. The fourth-order valence-electron chi connectivity index (χ4n) is 16.3. The zero-order valence-corrected chi connectivity index (χ0v) is 76.3. The number of cyclic esters (lactones) is 4. The fraction of sp³-hybridized carbons (Fsp3) is 0.375. The SMILES string of the molecule is CC1(C)CCOC(=O)N1c1ccc2c(c1)nc(NC(=O)c1cccc(C(F)(F)F)c1)n2CCCO.CC1(C)CCOC(=O)N1c1ccc2c(c1)nc(NC(=O)c1cccc(C(F)F)c1)n2CCCO.CC1(C)CCOC(=O)N1c1ccc2nc(NC(=O)c3cccc(C(F)(F)F)c3)n(CCCO)c2c1.CC1(C)CCOC(=O)N1c1ccc2nc(NC(=O)c3cccc(C(F)F)c3)n(CCCO)c2c1. The van der Waals surface area contributed by atoms with Crippen LogP contribution in [0.1, 0.15) is 183 Å². The van der Waals surface area contributed by atoms with E-state index in [4.69, 9.17) is 18.9 Å². The van der Waals surface area contributed by atoms with Crippen molar-refractivity contribution in [2.24, 2.45) is 0 Å². The molecule has 4 saturated heterocycles. The molecule has 0 saturated carbocycles. The number of carbonyl (C=O) groups is 8. The van der Waals surface area contributed by atoms with Crippen LogP contribution in [0, 0.1) is 0 Å². The molecule has 138 heavy (non-hydrogen) atoms. The lowest BCUT2D eigenvalue weighted by molar-refractivity contribution is -0.138. The lowest BCUT2D eigenvalue weighted by Gasteiger charge is -2.41. The largest absolute Gasteiger partial charge is 0.449 e. The molecule has 0 unspecified atom stereocenters. The van der Waals surface area contributed by atoms with Crippen LogP contribution in [0.15, 0.2) is 170 Å². The van der Waals surface area contributed by atoms with Crippen LogP contribution in [0.3, 0.4) is 0 Å². The zero-order chi connectivity index (χ0) is 99.7. The first-order chi connectivity index (χ1) is 65.4. The summed E-state index contributed by atoms with van der Waals surface area (Å²) < 4.78 is 158. The molecule has 8 aromatic carbocycles. The number of aryl methyl sites for hydroxylation is 4. The van der Waals surface area contributed by atoms with Crippen LogP contribution in [0.5, 0.6) is 0 Å². The van der Waals surface area contributed by atoms with Crippen molar-refractivity contribution in [1.29, 1.82) is 0 Å². The number of alkyl halides is 10. The summed E-state index contributed by atoms with van der Waals surface area (Å²) in [5.41, 5.74) is 2.60. The Labute approximate surface area is 783 Å². The van der Waals surface area contributed by atoms with E-state index in [1.165, 1.54) is 48.5 Å². The maximum absolute atomic E-state index is 13.1. The number of aliphatic hydroxyl groups excluding tert-OH is 4. The molecule has 12 aromatic rings. The summed E-state index contributed by atoms with van der Waals surface area (Å²) in [4.78, 5) is 125. The van der Waals surface area contributed by atoms with Crippen LogP contribution in [-0.2, 0) is 57.5 Å². The molecule has 0 bridgehead atoms. The first-order valence-electron chi connectivity index (χ1n) is 44.1. The van der Waals surface area contributed by atoms with Crippen LogP contribution < -0.4 is 40.9 Å². The number of aromatic nitrogens is 8. The van der Waals surface area contributed by atoms with E-state index in [1.807, 2.05) is 55.4 Å². The molecule has 4 fully saturated rings. The Balaban J connectivity index is 0.000000155. The minimum absolute atomic E-state index is 0.0601. The van der Waals surface area contributed by atoms with Gasteiger partial charge in [0.25, 0.3) is 36.5 Å². The summed E-state index contributed by atoms with van der Waals surface area (Å²) in [5, 5.41) is 47.9. The van der Waals surface area contributed by atoms with Gasteiger partial charge < -0.3 is 57.6 Å². The van der Waals surface area contributed by atoms with Gasteiger partial charge >= 0.3 is 36.7 Å². The third-order valence-corrected chi connectivity index (χ3v) is 23.6. The Morgan fingerprint density at radius 1 is 0.341 bits per heavy atom. The highest BCUT2D eigenvalue weighted by atomic mass is 19.4. The molecule has 0 aliphatic carbocycles. The standard InChI is InChI=1S/2C24H25F3N4O4.2C24H26F2N4O4/c1-23(2)9-12-35-22(34)31(23)17-7-8-19-18(14-17)28-21(30(19)10-4-11-32)29-20(33)15-5-3-6-16(13-15)24(25,26)27;1-23(2)9-12-35-22(34)31(23)17-7-8-18-19(14-17)30(10-4-11-32)21(28-18)29-20(33)15-5-3-6-16(13-15)24(25,26)27;1-24(2)9-12-34-23(33)30(24)17-7-8-19-18(14-17)27-22(29(19)10-4-11-31)28-21(32)16-6-3-5-15(13-16)20(25)26;1-24(2)9-12-34-23(33)30(24)17-7-8-18-19(14-17)29(10-4-11-31)22(27-18)28-21(32)16-6-3-5-15(13-16)20(25)26/h2*3,5-8,13-14,32H,4,9-12H2,1-2H3,(H,28,29,33);2*3,5-8,13-14,20,31H,4,9-12H2,1-2H3,(H,27,28,32). The summed E-state index contributed by atoms with van der Waals surface area (Å²) in [6.45, 7) is 17.8. The van der Waals surface area contributed by atoms with Crippen LogP contribution in [0.2, 0.25) is 0 Å². The molecule has 4 aliphatic heterocycles. The van der Waals surface area contributed by atoms with Gasteiger partial charge in [0, 0.05) is 157 Å². The number of ether oxygens (including phenoxy) is 4. The number of fused-ring (bicyclic) bond motifs is 4. The number of imidazole rings is 4. The second-order valence-corrected chi connectivity index (χ2v) is 35.2. The lowest BCUT2D eigenvalue weighted by Crippen LogP contribution is -2.52. The number of aliphatic hydroxyl groups is 4. The fourth-order valence-corrected chi connectivity index (χ4v) is 16.3. The van der Waals surface area contributed by atoms with Crippen molar-refractivity contribution in [2.75, 3.05) is 93.7 Å². The summed E-state index contributed by atoms with van der Waals surface area (Å²) in [7, 11) is 0. The normalized spacial score (nSPS) is 15.7. The maximum Gasteiger partial charge on any atom is 0.416 e. The Hall–Kier alpha value is -14.3. The van der Waals surface area contributed by atoms with Crippen molar-refractivity contribution in [1.82, 2.24) is 38.2 Å². The third kappa shape index (κ3) is 23.0. The van der Waals surface area contributed by atoms with E-state index >= 15 is 0 Å². The number of carbonyl (C=O) groups excluding carboxylic acids is 8. The Kier molecular flexibility index (Phi) is 30.9. The minimum Gasteiger partial charge on any atom is -0.449 e. The van der Waals surface area contributed by atoms with E-state index in [1.54, 1.807) is 111 Å². The van der Waals surface area contributed by atoms with Gasteiger partial charge in [0.1, 0.15) is 0 Å². The van der Waals surface area contributed by atoms with Crippen molar-refractivity contribution in [2.45, 2.75) is 180 Å². The van der Waals surface area contributed by atoms with Gasteiger partial charge in [-0.2, -0.15) is 26.3 Å². The van der Waals surface area contributed by atoms with E-state index in [0.717, 1.165) is 48.5 Å². The summed E-state index contributed by atoms with van der Waals surface area (Å²) in [6, 6.07) is 39.7. The number of benzene rings is 8. The first kappa shape index (κ1) is 101. The van der Waals surface area contributed by atoms with Crippen molar-refractivity contribution in [3.05, 3.63) is 214 Å². The van der Waals surface area contributed by atoms with Gasteiger partial charge in [-0.1, -0.05) is 36.4 Å². The number of rotatable bonds is 26. The second kappa shape index (κ2) is 42.2. The lowest BCUT2D eigenvalue weighted by atomic mass is 9.97. The van der Waals surface area contributed by atoms with Gasteiger partial charge in [-0.05, 0) is 215 Å². The monoisotopic (exact) mass is 1920 g/mol. The van der Waals surface area contributed by atoms with Crippen molar-refractivity contribution >= 4 is 139 Å². The number of hydrogen-bond donors (Lipinski definition) is 8. The number of nitrogens with zero attached hydrogens (tertiary/aromatic N) is 12. The molecule has 0 atom stereocenters. The quantitative estimate of drug-likeness (QED) is 0.0184. The van der Waals surface area contributed by atoms with Gasteiger partial charge in [0.2, 0.25) is 23.8 Å². The average molecular weight is 1930 g/mol. The van der Waals surface area contributed by atoms with Gasteiger partial charge in [-0.15, -0.1) is 0 Å². The van der Waals surface area contributed by atoms with E-state index < -0.39 is 106 Å². The predicted molar refractivity (Wildman–Crippen MR) is 493 cm³/mol. The van der Waals surface area contributed by atoms with Gasteiger partial charge in [-0.3, -0.25) is 60.0 Å². The zero-order valence-electron chi connectivity index (χ0n) is 76.3. The number of nitrogens with one attached hydrogen (secondary N) is 4. The molecule has 0 spiro atoms. The number of halogens is 10. The minimum atomic E-state index is -4.58. The number of anilines is 8. The summed E-state index contributed by atoms with van der Waals surface area (Å²) >= 11 is 0. The molecule has 16 rings (SSSR count). The summed E-state index contributed by atoms with van der Waals surface area (Å²) in [5.74, 6) is -1.99. The molecule has 0 radical (unpaired) electrons. The molecular formula is C96H102F10N16O16. The van der Waals surface area contributed by atoms with Crippen LogP contribution >= 0.6 is 0 Å². The van der Waals surface area contributed by atoms with Crippen molar-refractivity contribution in [3.8, 4) is 0 Å². The van der Waals surface area contributed by atoms with E-state index in [9.17, 15) is 103 Å². The van der Waals surface area contributed by atoms with Crippen molar-refractivity contribution < 1.29 is 122 Å². The second-order valence-electron chi connectivity index (χ2n) is 35.2. The van der Waals surface area contributed by atoms with Crippen molar-refractivity contribution in [3.63, 3.8) is 0 Å². The van der Waals surface area contributed by atoms with Gasteiger partial charge in [-0.25, -0.2) is 56.7 Å². The summed E-state index contributed by atoms with van der Waals surface area (Å²) in [6.07, 6.45) is -12.2. The first-order valence-corrected chi connectivity index (χ1v) is 44.1. The predicted octanol–water partition coefficient (Wildman–Crippen LogP) is 19.1. The average Bonchev–Trinajstić information content (AvgIpc) is 1.70. The maximum atomic E-state index is 13.1. The highest BCUT2D eigenvalue weighted by Gasteiger charge is 2.43. The van der Waals surface area contributed by atoms with Gasteiger partial charge in [0.05, 0.1) is 81.7 Å². The highest BCUT2D eigenvalue weighted by molar-refractivity contribution is 6.08. The molecule has 32 nitrogen and oxygen atoms in total. The smallest absolute Gasteiger partial charge is 0.416 e. The Morgan fingerprint density at radius 2 is 0.594 bits per heavy atom. The highest BCUT2D eigenvalue weighted by Crippen LogP contribution is 2.42. The number of hydrogen-bond acceptors (Lipinski definition) is 20. The molecule has 732 valence electrons. The third-order valence-electron chi connectivity index (χ3n) is 23.6. The molecule has 8 amide bonds. The van der Waals surface area contributed by atoms with E-state index in [2.05, 4.69) is 41.2 Å². The Morgan fingerprint density at radius 3 is 0.862 bits per heavy atom. The molecular weight excluding hydrogens is 1820 g/mol.